The minimum Gasteiger partial charge on any atom is -0.441 e. The molecule has 0 atom stereocenters. The van der Waals surface area contributed by atoms with Crippen LogP contribution in [0.2, 0.25) is 0 Å². The summed E-state index contributed by atoms with van der Waals surface area (Å²) in [6.07, 6.45) is 0.619. The smallest absolute Gasteiger partial charge is 0.270 e. The third-order valence-electron chi connectivity index (χ3n) is 4.75. The molecule has 2 aliphatic rings. The van der Waals surface area contributed by atoms with Crippen molar-refractivity contribution in [2.24, 2.45) is 5.10 Å². The van der Waals surface area contributed by atoms with E-state index in [-0.39, 0.29) is 24.1 Å². The van der Waals surface area contributed by atoms with Crippen molar-refractivity contribution in [2.75, 3.05) is 26.2 Å². The van der Waals surface area contributed by atoms with E-state index in [4.69, 9.17) is 4.42 Å². The Morgan fingerprint density at radius 3 is 2.44 bits per heavy atom. The van der Waals surface area contributed by atoms with Gasteiger partial charge in [0.1, 0.15) is 11.2 Å². The number of hydrogen-bond acceptors (Lipinski definition) is 6. The Morgan fingerprint density at radius 1 is 1.07 bits per heavy atom. The monoisotopic (exact) mass is 369 g/mol. The first-order chi connectivity index (χ1) is 13.0. The average molecular weight is 369 g/mol. The molecule has 1 saturated heterocycles. The maximum Gasteiger partial charge on any atom is 0.270 e. The minimum absolute atomic E-state index is 0.0908. The lowest BCUT2D eigenvalue weighted by atomic mass is 10.1. The Balaban J connectivity index is 1.40. The van der Waals surface area contributed by atoms with Crippen LogP contribution in [0.1, 0.15) is 29.1 Å². The van der Waals surface area contributed by atoms with Gasteiger partial charge in [-0.3, -0.25) is 14.4 Å². The van der Waals surface area contributed by atoms with Crippen LogP contribution in [-0.4, -0.2) is 64.4 Å². The van der Waals surface area contributed by atoms with Crippen LogP contribution < -0.4 is 5.43 Å². The van der Waals surface area contributed by atoms with Crippen molar-refractivity contribution in [1.29, 1.82) is 0 Å². The molecule has 1 aromatic carbocycles. The van der Waals surface area contributed by atoms with Crippen molar-refractivity contribution >= 4 is 34.5 Å². The van der Waals surface area contributed by atoms with Gasteiger partial charge in [0, 0.05) is 51.5 Å². The molecule has 9 nitrogen and oxygen atoms in total. The molecule has 0 spiro atoms. The molecule has 3 heterocycles. The lowest BCUT2D eigenvalue weighted by molar-refractivity contribution is -0.126. The Kier molecular flexibility index (Phi) is 4.35. The van der Waals surface area contributed by atoms with Gasteiger partial charge in [0.15, 0.2) is 11.5 Å². The third kappa shape index (κ3) is 3.40. The van der Waals surface area contributed by atoms with Crippen LogP contribution in [0.3, 0.4) is 0 Å². The number of carbonyl (C=O) groups excluding carboxylic acids is 3. The number of fused-ring (bicyclic) bond motifs is 1. The molecule has 27 heavy (non-hydrogen) atoms. The van der Waals surface area contributed by atoms with Crippen molar-refractivity contribution in [3.8, 4) is 0 Å². The van der Waals surface area contributed by atoms with E-state index in [9.17, 15) is 14.4 Å². The molecule has 0 aliphatic carbocycles. The SMILES string of the molecule is Cc1nc2cc(C(=O)N3CCN(C(=O)C4=NNC(=O)CC4)CC3)ccc2o1. The summed E-state index contributed by atoms with van der Waals surface area (Å²) in [5.74, 6) is 0.110. The number of nitrogens with one attached hydrogen (secondary N) is 1. The van der Waals surface area contributed by atoms with Gasteiger partial charge < -0.3 is 14.2 Å². The molecule has 3 amide bonds. The highest BCUT2D eigenvalue weighted by molar-refractivity contribution is 6.39. The van der Waals surface area contributed by atoms with Crippen LogP contribution >= 0.6 is 0 Å². The van der Waals surface area contributed by atoms with Crippen molar-refractivity contribution < 1.29 is 18.8 Å². The van der Waals surface area contributed by atoms with Gasteiger partial charge in [-0.1, -0.05) is 0 Å². The maximum absolute atomic E-state index is 12.8. The van der Waals surface area contributed by atoms with E-state index in [1.165, 1.54) is 0 Å². The van der Waals surface area contributed by atoms with Crippen LogP contribution in [0.4, 0.5) is 0 Å². The Labute approximate surface area is 155 Å². The molecular formula is C18H19N5O4. The second-order valence-corrected chi connectivity index (χ2v) is 6.59. The number of aromatic nitrogens is 1. The lowest BCUT2D eigenvalue weighted by Crippen LogP contribution is -2.52. The van der Waals surface area contributed by atoms with E-state index in [1.54, 1.807) is 34.9 Å². The molecule has 140 valence electrons. The first kappa shape index (κ1) is 17.2. The zero-order valence-corrected chi connectivity index (χ0v) is 14.9. The standard InChI is InChI=1S/C18H19N5O4/c1-11-19-14-10-12(2-4-15(14)27-11)17(25)22-6-8-23(9-7-22)18(26)13-3-5-16(24)21-20-13/h2,4,10H,3,5-9H2,1H3,(H,21,24). The molecule has 0 bridgehead atoms. The molecule has 0 saturated carbocycles. The third-order valence-corrected chi connectivity index (χ3v) is 4.75. The molecule has 2 aliphatic heterocycles. The summed E-state index contributed by atoms with van der Waals surface area (Å²) in [6, 6.07) is 5.20. The number of piperazine rings is 1. The van der Waals surface area contributed by atoms with Crippen LogP contribution in [0, 0.1) is 6.92 Å². The summed E-state index contributed by atoms with van der Waals surface area (Å²) in [4.78, 5) is 44.0. The van der Waals surface area contributed by atoms with Gasteiger partial charge in [-0.15, -0.1) is 0 Å². The summed E-state index contributed by atoms with van der Waals surface area (Å²) in [7, 11) is 0. The van der Waals surface area contributed by atoms with Crippen LogP contribution in [0.5, 0.6) is 0 Å². The Morgan fingerprint density at radius 2 is 1.78 bits per heavy atom. The number of benzene rings is 1. The molecule has 2 aromatic rings. The van der Waals surface area contributed by atoms with Crippen molar-refractivity contribution in [1.82, 2.24) is 20.2 Å². The molecule has 9 heteroatoms. The Hall–Kier alpha value is -3.23. The van der Waals surface area contributed by atoms with Gasteiger partial charge in [0.2, 0.25) is 5.91 Å². The van der Waals surface area contributed by atoms with Crippen LogP contribution in [0.15, 0.2) is 27.7 Å². The average Bonchev–Trinajstić information content (AvgIpc) is 3.07. The molecule has 0 radical (unpaired) electrons. The Bertz CT molecular complexity index is 956. The molecule has 4 rings (SSSR count). The summed E-state index contributed by atoms with van der Waals surface area (Å²) < 4.78 is 5.44. The maximum atomic E-state index is 12.8. The zero-order chi connectivity index (χ0) is 19.0. The fourth-order valence-electron chi connectivity index (χ4n) is 3.28. The first-order valence-electron chi connectivity index (χ1n) is 8.82. The topological polar surface area (TPSA) is 108 Å². The normalized spacial score (nSPS) is 17.7. The van der Waals surface area contributed by atoms with E-state index < -0.39 is 0 Å². The van der Waals surface area contributed by atoms with Gasteiger partial charge in [0.05, 0.1) is 0 Å². The number of aryl methyl sites for hydroxylation is 1. The highest BCUT2D eigenvalue weighted by Crippen LogP contribution is 2.18. The van der Waals surface area contributed by atoms with E-state index in [0.717, 1.165) is 0 Å². The summed E-state index contributed by atoms with van der Waals surface area (Å²) in [6.45, 7) is 3.52. The summed E-state index contributed by atoms with van der Waals surface area (Å²) in [5.41, 5.74) is 4.56. The largest absolute Gasteiger partial charge is 0.441 e. The molecular weight excluding hydrogens is 350 g/mol. The van der Waals surface area contributed by atoms with Gasteiger partial charge in [-0.25, -0.2) is 10.4 Å². The second kappa shape index (κ2) is 6.82. The summed E-state index contributed by atoms with van der Waals surface area (Å²) >= 11 is 0. The number of oxazole rings is 1. The highest BCUT2D eigenvalue weighted by Gasteiger charge is 2.28. The van der Waals surface area contributed by atoms with Gasteiger partial charge in [-0.2, -0.15) is 5.10 Å². The number of hydrazone groups is 1. The lowest BCUT2D eigenvalue weighted by Gasteiger charge is -2.35. The van der Waals surface area contributed by atoms with E-state index >= 15 is 0 Å². The number of rotatable bonds is 2. The highest BCUT2D eigenvalue weighted by atomic mass is 16.3. The molecule has 1 N–H and O–H groups in total. The van der Waals surface area contributed by atoms with Crippen molar-refractivity contribution in [2.45, 2.75) is 19.8 Å². The predicted octanol–water partition coefficient (Wildman–Crippen LogP) is 0.687. The predicted molar refractivity (Wildman–Crippen MR) is 96.0 cm³/mol. The molecule has 1 aromatic heterocycles. The second-order valence-electron chi connectivity index (χ2n) is 6.59. The number of nitrogens with zero attached hydrogens (tertiary/aromatic N) is 4. The van der Waals surface area contributed by atoms with Crippen molar-refractivity contribution in [3.63, 3.8) is 0 Å². The quantitative estimate of drug-likeness (QED) is 0.838. The first-order valence-corrected chi connectivity index (χ1v) is 8.82. The summed E-state index contributed by atoms with van der Waals surface area (Å²) in [5, 5.41) is 3.85. The zero-order valence-electron chi connectivity index (χ0n) is 14.9. The molecule has 0 unspecified atom stereocenters. The van der Waals surface area contributed by atoms with Gasteiger partial charge >= 0.3 is 0 Å². The van der Waals surface area contributed by atoms with E-state index in [0.29, 0.717) is 60.9 Å². The fourth-order valence-corrected chi connectivity index (χ4v) is 3.28. The number of amides is 3. The van der Waals surface area contributed by atoms with Crippen molar-refractivity contribution in [3.05, 3.63) is 29.7 Å². The minimum atomic E-state index is -0.179. The molecule has 1 fully saturated rings. The van der Waals surface area contributed by atoms with Gasteiger partial charge in [-0.05, 0) is 18.2 Å². The fraction of sp³-hybridized carbons (Fsp3) is 0.389. The van der Waals surface area contributed by atoms with Gasteiger partial charge in [0.25, 0.3) is 11.8 Å². The van der Waals surface area contributed by atoms with Crippen LogP contribution in [0.25, 0.3) is 11.1 Å². The van der Waals surface area contributed by atoms with E-state index in [1.807, 2.05) is 0 Å². The number of hydrogen-bond donors (Lipinski definition) is 1. The number of carbonyl (C=O) groups is 3. The van der Waals surface area contributed by atoms with Crippen LogP contribution in [-0.2, 0) is 9.59 Å². The van der Waals surface area contributed by atoms with E-state index in [2.05, 4.69) is 15.5 Å².